The highest BCUT2D eigenvalue weighted by Gasteiger charge is 2.15. The van der Waals surface area contributed by atoms with E-state index in [1.807, 2.05) is 31.2 Å². The maximum Gasteiger partial charge on any atom is 0.224 e. The number of rotatable bonds is 5. The Kier molecular flexibility index (Phi) is 4.40. The number of hydrogen-bond acceptors (Lipinski definition) is 6. The minimum atomic E-state index is -0.0320. The topological polar surface area (TPSA) is 125 Å². The van der Waals surface area contributed by atoms with Crippen molar-refractivity contribution in [2.45, 2.75) is 19.8 Å². The van der Waals surface area contributed by atoms with Crippen LogP contribution in [0.4, 0.5) is 5.69 Å². The van der Waals surface area contributed by atoms with Crippen LogP contribution in [0.5, 0.6) is 0 Å². The molecule has 0 unspecified atom stereocenters. The van der Waals surface area contributed by atoms with Crippen molar-refractivity contribution in [2.24, 2.45) is 0 Å². The van der Waals surface area contributed by atoms with Crippen LogP contribution >= 0.6 is 0 Å². The summed E-state index contributed by atoms with van der Waals surface area (Å²) in [6.07, 6.45) is 8.03. The van der Waals surface area contributed by atoms with Crippen molar-refractivity contribution in [3.8, 4) is 22.8 Å². The summed E-state index contributed by atoms with van der Waals surface area (Å²) in [5.41, 5.74) is 5.12. The molecular formula is C21H18N8O. The molecule has 0 spiro atoms. The number of fused-ring (bicyclic) bond motifs is 2. The SMILES string of the molecule is CCCC(=O)Nc1cncc(-c2cc3c(-c4nc5ncccc5[nH]4)n[nH]c3cn2)c1. The average Bonchev–Trinajstić information content (AvgIpc) is 3.37. The van der Waals surface area contributed by atoms with Crippen molar-refractivity contribution in [2.75, 3.05) is 5.32 Å². The van der Waals surface area contributed by atoms with Gasteiger partial charge < -0.3 is 10.3 Å². The molecule has 9 heteroatoms. The van der Waals surface area contributed by atoms with Crippen molar-refractivity contribution < 1.29 is 4.79 Å². The lowest BCUT2D eigenvalue weighted by Gasteiger charge is -2.06. The van der Waals surface area contributed by atoms with Crippen LogP contribution in [0.25, 0.3) is 44.8 Å². The summed E-state index contributed by atoms with van der Waals surface area (Å²) >= 11 is 0. The predicted octanol–water partition coefficient (Wildman–Crippen LogP) is 3.70. The molecule has 5 heterocycles. The first-order valence-corrected chi connectivity index (χ1v) is 9.62. The Hall–Kier alpha value is -4.14. The summed E-state index contributed by atoms with van der Waals surface area (Å²) in [6, 6.07) is 7.57. The van der Waals surface area contributed by atoms with Crippen LogP contribution in [0.15, 0.2) is 49.1 Å². The standard InChI is InChI=1S/C21H18N8O/c1-2-4-18(30)25-13-7-12(9-22-10-13)16-8-14-17(11-24-16)28-29-19(14)21-26-15-5-3-6-23-20(15)27-21/h3,5-11H,2,4H2,1H3,(H,25,30)(H,28,29)(H,23,26,27). The van der Waals surface area contributed by atoms with Gasteiger partial charge in [-0.1, -0.05) is 6.92 Å². The largest absolute Gasteiger partial charge is 0.335 e. The number of nitrogens with one attached hydrogen (secondary N) is 3. The number of imidazole rings is 1. The van der Waals surface area contributed by atoms with E-state index < -0.39 is 0 Å². The molecule has 1 amide bonds. The van der Waals surface area contributed by atoms with Gasteiger partial charge in [0.05, 0.1) is 34.8 Å². The number of H-pyrrole nitrogens is 2. The van der Waals surface area contributed by atoms with Crippen LogP contribution in [0.1, 0.15) is 19.8 Å². The number of nitrogens with zero attached hydrogens (tertiary/aromatic N) is 5. The molecule has 0 atom stereocenters. The lowest BCUT2D eigenvalue weighted by molar-refractivity contribution is -0.116. The zero-order chi connectivity index (χ0) is 20.5. The van der Waals surface area contributed by atoms with E-state index in [2.05, 4.69) is 40.4 Å². The van der Waals surface area contributed by atoms with Crippen LogP contribution < -0.4 is 5.32 Å². The van der Waals surface area contributed by atoms with E-state index in [1.165, 1.54) is 0 Å². The fourth-order valence-corrected chi connectivity index (χ4v) is 3.31. The van der Waals surface area contributed by atoms with Crippen LogP contribution in [-0.4, -0.2) is 41.0 Å². The molecule has 9 nitrogen and oxygen atoms in total. The van der Waals surface area contributed by atoms with E-state index >= 15 is 0 Å². The van der Waals surface area contributed by atoms with Crippen LogP contribution in [-0.2, 0) is 4.79 Å². The van der Waals surface area contributed by atoms with E-state index in [-0.39, 0.29) is 5.91 Å². The number of hydrogen-bond donors (Lipinski definition) is 3. The molecular weight excluding hydrogens is 380 g/mol. The second kappa shape index (κ2) is 7.36. The summed E-state index contributed by atoms with van der Waals surface area (Å²) in [4.78, 5) is 32.7. The maximum absolute atomic E-state index is 11.9. The number of carbonyl (C=O) groups is 1. The lowest BCUT2D eigenvalue weighted by atomic mass is 10.1. The van der Waals surface area contributed by atoms with Gasteiger partial charge in [-0.2, -0.15) is 5.10 Å². The van der Waals surface area contributed by atoms with Crippen LogP contribution in [0.2, 0.25) is 0 Å². The number of aromatic nitrogens is 7. The number of amides is 1. The Balaban J connectivity index is 1.54. The first kappa shape index (κ1) is 17.9. The van der Waals surface area contributed by atoms with Gasteiger partial charge in [0.25, 0.3) is 0 Å². The number of anilines is 1. The van der Waals surface area contributed by atoms with E-state index in [4.69, 9.17) is 0 Å². The van der Waals surface area contributed by atoms with Gasteiger partial charge in [0, 0.05) is 29.8 Å². The lowest BCUT2D eigenvalue weighted by Crippen LogP contribution is -2.10. The highest BCUT2D eigenvalue weighted by atomic mass is 16.1. The Morgan fingerprint density at radius 3 is 2.93 bits per heavy atom. The summed E-state index contributed by atoms with van der Waals surface area (Å²) in [5, 5.41) is 11.2. The van der Waals surface area contributed by atoms with Crippen LogP contribution in [0, 0.1) is 0 Å². The van der Waals surface area contributed by atoms with Gasteiger partial charge in [-0.15, -0.1) is 0 Å². The summed E-state index contributed by atoms with van der Waals surface area (Å²) < 4.78 is 0. The molecule has 0 aliphatic carbocycles. The second-order valence-electron chi connectivity index (χ2n) is 6.91. The molecule has 0 bridgehead atoms. The van der Waals surface area contributed by atoms with Gasteiger partial charge in [0.15, 0.2) is 11.5 Å². The molecule has 0 saturated carbocycles. The molecule has 0 radical (unpaired) electrons. The van der Waals surface area contributed by atoms with E-state index in [0.29, 0.717) is 29.3 Å². The van der Waals surface area contributed by atoms with Crippen molar-refractivity contribution in [1.29, 1.82) is 0 Å². The van der Waals surface area contributed by atoms with E-state index in [9.17, 15) is 4.79 Å². The van der Waals surface area contributed by atoms with Crippen molar-refractivity contribution in [3.05, 3.63) is 49.1 Å². The molecule has 5 rings (SSSR count). The minimum absolute atomic E-state index is 0.0320. The summed E-state index contributed by atoms with van der Waals surface area (Å²) in [5.74, 6) is 0.598. The highest BCUT2D eigenvalue weighted by molar-refractivity contribution is 5.95. The molecule has 5 aromatic rings. The zero-order valence-corrected chi connectivity index (χ0v) is 16.2. The molecule has 0 aromatic carbocycles. The van der Waals surface area contributed by atoms with Gasteiger partial charge in [-0.3, -0.25) is 19.9 Å². The summed E-state index contributed by atoms with van der Waals surface area (Å²) in [7, 11) is 0. The molecule has 0 aliphatic heterocycles. The minimum Gasteiger partial charge on any atom is -0.335 e. The molecule has 148 valence electrons. The smallest absolute Gasteiger partial charge is 0.224 e. The van der Waals surface area contributed by atoms with E-state index in [0.717, 1.165) is 34.1 Å². The predicted molar refractivity (Wildman–Crippen MR) is 114 cm³/mol. The Bertz CT molecular complexity index is 1340. The molecule has 3 N–H and O–H groups in total. The van der Waals surface area contributed by atoms with E-state index in [1.54, 1.807) is 24.8 Å². The number of pyridine rings is 3. The molecule has 5 aromatic heterocycles. The van der Waals surface area contributed by atoms with Crippen LogP contribution in [0.3, 0.4) is 0 Å². The normalized spacial score (nSPS) is 11.2. The third kappa shape index (κ3) is 3.26. The Morgan fingerprint density at radius 2 is 2.07 bits per heavy atom. The van der Waals surface area contributed by atoms with Crippen molar-refractivity contribution in [3.63, 3.8) is 0 Å². The molecule has 0 aliphatic rings. The van der Waals surface area contributed by atoms with Gasteiger partial charge in [-0.25, -0.2) is 9.97 Å². The van der Waals surface area contributed by atoms with Gasteiger partial charge in [0.2, 0.25) is 5.91 Å². The summed E-state index contributed by atoms with van der Waals surface area (Å²) in [6.45, 7) is 1.97. The first-order valence-electron chi connectivity index (χ1n) is 9.62. The maximum atomic E-state index is 11.9. The van der Waals surface area contributed by atoms with Gasteiger partial charge >= 0.3 is 0 Å². The molecule has 0 fully saturated rings. The second-order valence-corrected chi connectivity index (χ2v) is 6.91. The first-order chi connectivity index (χ1) is 14.7. The Morgan fingerprint density at radius 1 is 1.13 bits per heavy atom. The monoisotopic (exact) mass is 398 g/mol. The fourth-order valence-electron chi connectivity index (χ4n) is 3.31. The van der Waals surface area contributed by atoms with Crippen molar-refractivity contribution >= 4 is 33.7 Å². The molecule has 0 saturated heterocycles. The fraction of sp³-hybridized carbons (Fsp3) is 0.143. The van der Waals surface area contributed by atoms with Gasteiger partial charge in [-0.05, 0) is 30.7 Å². The van der Waals surface area contributed by atoms with Gasteiger partial charge in [0.1, 0.15) is 5.69 Å². The number of aromatic amines is 2. The Labute approximate surface area is 171 Å². The third-order valence-electron chi connectivity index (χ3n) is 4.72. The third-order valence-corrected chi connectivity index (χ3v) is 4.72. The zero-order valence-electron chi connectivity index (χ0n) is 16.2. The highest BCUT2D eigenvalue weighted by Crippen LogP contribution is 2.29. The quantitative estimate of drug-likeness (QED) is 0.414. The number of carbonyl (C=O) groups excluding carboxylic acids is 1. The molecule has 30 heavy (non-hydrogen) atoms. The average molecular weight is 398 g/mol. The van der Waals surface area contributed by atoms with Crippen molar-refractivity contribution in [1.82, 2.24) is 35.1 Å².